The summed E-state index contributed by atoms with van der Waals surface area (Å²) in [6, 6.07) is 6.16. The molecule has 0 spiro atoms. The lowest BCUT2D eigenvalue weighted by Gasteiger charge is -2.36. The number of ether oxygens (including phenoxy) is 3. The Labute approximate surface area is 249 Å². The smallest absolute Gasteiger partial charge is 0.265 e. The maximum Gasteiger partial charge on any atom is 0.265 e. The zero-order valence-corrected chi connectivity index (χ0v) is 27.4. The first-order valence-electron chi connectivity index (χ1n) is 14.6. The quantitative estimate of drug-likeness (QED) is 0.149. The van der Waals surface area contributed by atoms with Gasteiger partial charge in [0.15, 0.2) is 6.23 Å². The van der Waals surface area contributed by atoms with Crippen LogP contribution >= 0.6 is 0 Å². The van der Waals surface area contributed by atoms with Gasteiger partial charge in [-0.25, -0.2) is 4.68 Å². The third kappa shape index (κ3) is 8.60. The second-order valence-corrected chi connectivity index (χ2v) is 18.7. The molecular weight excluding hydrogens is 578 g/mol. The van der Waals surface area contributed by atoms with Crippen molar-refractivity contribution in [3.05, 3.63) is 24.4 Å². The Bertz CT molecular complexity index is 1430. The fraction of sp³-hybridized carbons (Fsp3) is 0.679. The van der Waals surface area contributed by atoms with Crippen LogP contribution in [0.2, 0.25) is 18.1 Å². The standard InChI is InChI=1S/C28H45N5O7SSi/c1-21(20-41(34,35)36)19-38-16-15-37-14-12-32-29-18-24(30-32)27-23-17-22(40-42(5,6)28(2,3)4)10-11-25(23)33(31-27)26-9-7-8-13-39-26/h10-11,17-18,21,26H,7-9,12-16,19-20H2,1-6H3,(H,34,35,36). The van der Waals surface area contributed by atoms with Crippen LogP contribution in [0.4, 0.5) is 0 Å². The topological polar surface area (TPSA) is 140 Å². The molecule has 0 amide bonds. The zero-order valence-electron chi connectivity index (χ0n) is 25.6. The molecule has 1 fully saturated rings. The van der Waals surface area contributed by atoms with Crippen LogP contribution in [-0.2, 0) is 30.9 Å². The average molecular weight is 624 g/mol. The maximum absolute atomic E-state index is 10.9. The molecule has 1 aliphatic rings. The molecule has 0 aliphatic carbocycles. The Morgan fingerprint density at radius 3 is 2.60 bits per heavy atom. The van der Waals surface area contributed by atoms with Gasteiger partial charge >= 0.3 is 0 Å². The molecule has 0 saturated carbocycles. The Morgan fingerprint density at radius 2 is 1.90 bits per heavy atom. The van der Waals surface area contributed by atoms with Crippen molar-refractivity contribution < 1.29 is 31.6 Å². The van der Waals surface area contributed by atoms with Gasteiger partial charge in [-0.15, -0.1) is 0 Å². The predicted octanol–water partition coefficient (Wildman–Crippen LogP) is 4.94. The van der Waals surface area contributed by atoms with E-state index in [9.17, 15) is 8.42 Å². The van der Waals surface area contributed by atoms with E-state index in [2.05, 4.69) is 56.2 Å². The summed E-state index contributed by atoms with van der Waals surface area (Å²) in [5, 5.41) is 15.1. The molecule has 1 aliphatic heterocycles. The van der Waals surface area contributed by atoms with E-state index in [-0.39, 0.29) is 29.5 Å². The molecule has 3 heterocycles. The zero-order chi connectivity index (χ0) is 30.5. The van der Waals surface area contributed by atoms with Crippen LogP contribution in [0.25, 0.3) is 22.3 Å². The van der Waals surface area contributed by atoms with Crippen molar-refractivity contribution >= 4 is 29.3 Å². The van der Waals surface area contributed by atoms with Crippen LogP contribution in [-0.4, -0.2) is 84.8 Å². The number of benzene rings is 1. The second kappa shape index (κ2) is 13.5. The maximum atomic E-state index is 10.9. The highest BCUT2D eigenvalue weighted by Gasteiger charge is 2.39. The second-order valence-electron chi connectivity index (χ2n) is 12.5. The number of rotatable bonds is 14. The normalized spacial score (nSPS) is 17.5. The molecule has 1 aromatic carbocycles. The van der Waals surface area contributed by atoms with Crippen LogP contribution in [0.1, 0.15) is 53.2 Å². The van der Waals surface area contributed by atoms with E-state index >= 15 is 0 Å². The summed E-state index contributed by atoms with van der Waals surface area (Å²) in [6.07, 6.45) is 4.66. The summed E-state index contributed by atoms with van der Waals surface area (Å²) < 4.78 is 56.5. The minimum absolute atomic E-state index is 0.0727. The number of fused-ring (bicyclic) bond motifs is 1. The van der Waals surface area contributed by atoms with Gasteiger partial charge in [0.05, 0.1) is 50.4 Å². The van der Waals surface area contributed by atoms with Gasteiger partial charge in [0, 0.05) is 12.0 Å². The third-order valence-corrected chi connectivity index (χ3v) is 13.1. The Kier molecular flexibility index (Phi) is 10.5. The van der Waals surface area contributed by atoms with Gasteiger partial charge in [0.1, 0.15) is 17.1 Å². The molecule has 14 heteroatoms. The van der Waals surface area contributed by atoms with Crippen molar-refractivity contribution in [1.29, 1.82) is 0 Å². The van der Waals surface area contributed by atoms with E-state index < -0.39 is 18.4 Å². The molecule has 2 atom stereocenters. The first-order chi connectivity index (χ1) is 19.7. The molecule has 2 aromatic heterocycles. The highest BCUT2D eigenvalue weighted by Crippen LogP contribution is 2.39. The van der Waals surface area contributed by atoms with E-state index in [1.54, 1.807) is 17.9 Å². The highest BCUT2D eigenvalue weighted by molar-refractivity contribution is 7.85. The number of nitrogens with zero attached hydrogens (tertiary/aromatic N) is 5. The van der Waals surface area contributed by atoms with E-state index in [0.717, 1.165) is 48.2 Å². The van der Waals surface area contributed by atoms with Gasteiger partial charge in [0.25, 0.3) is 10.1 Å². The predicted molar refractivity (Wildman–Crippen MR) is 163 cm³/mol. The van der Waals surface area contributed by atoms with Gasteiger partial charge in [-0.2, -0.15) is 28.5 Å². The SMILES string of the molecule is CC(COCCOCCn1ncc(-c2nn(C3CCCCO3)c3ccc(O[Si](C)(C)C(C)(C)C)cc23)n1)CS(=O)(=O)O. The van der Waals surface area contributed by atoms with Crippen molar-refractivity contribution in [1.82, 2.24) is 24.8 Å². The Hall–Kier alpha value is -2.36. The third-order valence-electron chi connectivity index (χ3n) is 7.77. The molecular formula is C28H45N5O7SSi. The monoisotopic (exact) mass is 623 g/mol. The molecule has 1 N–H and O–H groups in total. The van der Waals surface area contributed by atoms with Gasteiger partial charge in [-0.3, -0.25) is 4.55 Å². The van der Waals surface area contributed by atoms with Crippen LogP contribution < -0.4 is 4.43 Å². The molecule has 42 heavy (non-hydrogen) atoms. The molecule has 0 radical (unpaired) electrons. The summed E-state index contributed by atoms with van der Waals surface area (Å²) >= 11 is 0. The Morgan fingerprint density at radius 1 is 1.14 bits per heavy atom. The number of aromatic nitrogens is 5. The summed E-state index contributed by atoms with van der Waals surface area (Å²) in [7, 11) is -6.03. The lowest BCUT2D eigenvalue weighted by molar-refractivity contribution is -0.0365. The van der Waals surface area contributed by atoms with Crippen molar-refractivity contribution in [2.75, 3.05) is 38.8 Å². The molecule has 3 aromatic rings. The minimum Gasteiger partial charge on any atom is -0.543 e. The first-order valence-corrected chi connectivity index (χ1v) is 19.1. The van der Waals surface area contributed by atoms with E-state index in [1.165, 1.54) is 0 Å². The summed E-state index contributed by atoms with van der Waals surface area (Å²) in [5.74, 6) is 0.202. The molecule has 12 nitrogen and oxygen atoms in total. The van der Waals surface area contributed by atoms with E-state index in [4.69, 9.17) is 28.3 Å². The van der Waals surface area contributed by atoms with Crippen molar-refractivity contribution in [2.24, 2.45) is 5.92 Å². The van der Waals surface area contributed by atoms with Crippen LogP contribution in [0, 0.1) is 5.92 Å². The minimum atomic E-state index is -4.00. The van der Waals surface area contributed by atoms with E-state index in [1.807, 2.05) is 10.7 Å². The van der Waals surface area contributed by atoms with Crippen molar-refractivity contribution in [3.8, 4) is 17.1 Å². The molecule has 234 valence electrons. The van der Waals surface area contributed by atoms with Crippen LogP contribution in [0.5, 0.6) is 5.75 Å². The molecule has 4 rings (SSSR count). The lowest BCUT2D eigenvalue weighted by atomic mass is 10.1. The van der Waals surface area contributed by atoms with Gasteiger partial charge in [-0.1, -0.05) is 27.7 Å². The van der Waals surface area contributed by atoms with Gasteiger partial charge in [0.2, 0.25) is 8.32 Å². The van der Waals surface area contributed by atoms with Crippen molar-refractivity contribution in [2.45, 2.75) is 77.9 Å². The van der Waals surface area contributed by atoms with Crippen LogP contribution in [0.3, 0.4) is 0 Å². The van der Waals surface area contributed by atoms with Crippen molar-refractivity contribution in [3.63, 3.8) is 0 Å². The summed E-state index contributed by atoms with van der Waals surface area (Å²) in [4.78, 5) is 1.59. The van der Waals surface area contributed by atoms with E-state index in [0.29, 0.717) is 32.1 Å². The van der Waals surface area contributed by atoms with Gasteiger partial charge < -0.3 is 18.6 Å². The first kappa shape index (κ1) is 32.5. The molecule has 0 bridgehead atoms. The molecule has 2 unspecified atom stereocenters. The fourth-order valence-electron chi connectivity index (χ4n) is 4.53. The summed E-state index contributed by atoms with van der Waals surface area (Å²) in [6.45, 7) is 15.3. The summed E-state index contributed by atoms with van der Waals surface area (Å²) in [5.41, 5.74) is 2.37. The average Bonchev–Trinajstić information content (AvgIpc) is 3.51. The lowest BCUT2D eigenvalue weighted by Crippen LogP contribution is -2.43. The number of hydrogen-bond donors (Lipinski definition) is 1. The highest BCUT2D eigenvalue weighted by atomic mass is 32.2. The number of hydrogen-bond acceptors (Lipinski definition) is 9. The van der Waals surface area contributed by atoms with Gasteiger partial charge in [-0.05, 0) is 61.5 Å². The fourth-order valence-corrected chi connectivity index (χ4v) is 6.37. The molecule has 1 saturated heterocycles. The van der Waals surface area contributed by atoms with Crippen LogP contribution in [0.15, 0.2) is 24.4 Å². The largest absolute Gasteiger partial charge is 0.543 e. The Balaban J connectivity index is 1.43.